The molecule has 1 N–H and O–H groups in total. The van der Waals surface area contributed by atoms with Gasteiger partial charge in [-0.3, -0.25) is 0 Å². The quantitative estimate of drug-likeness (QED) is 0.908. The van der Waals surface area contributed by atoms with Gasteiger partial charge >= 0.3 is 6.03 Å². The van der Waals surface area contributed by atoms with Crippen molar-refractivity contribution < 1.29 is 14.3 Å². The lowest BCUT2D eigenvalue weighted by molar-refractivity contribution is 0.0653. The van der Waals surface area contributed by atoms with Crippen LogP contribution in [-0.4, -0.2) is 67.3 Å². The van der Waals surface area contributed by atoms with Crippen LogP contribution in [0.2, 0.25) is 0 Å². The van der Waals surface area contributed by atoms with Crippen molar-refractivity contribution in [1.82, 2.24) is 15.1 Å². The monoisotopic (exact) mass is 345 g/mol. The lowest BCUT2D eigenvalue weighted by atomic mass is 10.0. The number of hydrogen-bond acceptors (Lipinski definition) is 4. The Hall–Kier alpha value is -1.95. The van der Waals surface area contributed by atoms with E-state index in [1.54, 1.807) is 0 Å². The van der Waals surface area contributed by atoms with Crippen molar-refractivity contribution in [2.75, 3.05) is 39.3 Å². The number of carbonyl (C=O) groups is 1. The fourth-order valence-corrected chi connectivity index (χ4v) is 3.98. The minimum Gasteiger partial charge on any atom is -0.486 e. The molecule has 0 radical (unpaired) electrons. The molecule has 0 aromatic heterocycles. The first-order valence-corrected chi connectivity index (χ1v) is 9.45. The van der Waals surface area contributed by atoms with Gasteiger partial charge in [0.2, 0.25) is 0 Å². The Morgan fingerprint density at radius 2 is 1.92 bits per heavy atom. The molecule has 2 fully saturated rings. The van der Waals surface area contributed by atoms with Crippen LogP contribution in [0.15, 0.2) is 24.3 Å². The maximum atomic E-state index is 12.0. The Labute approximate surface area is 149 Å². The number of nitrogens with one attached hydrogen (secondary N) is 1. The largest absolute Gasteiger partial charge is 0.486 e. The average Bonchev–Trinajstić information content (AvgIpc) is 2.67. The van der Waals surface area contributed by atoms with Crippen LogP contribution in [-0.2, 0) is 0 Å². The van der Waals surface area contributed by atoms with Crippen molar-refractivity contribution in [3.8, 4) is 11.5 Å². The summed E-state index contributed by atoms with van der Waals surface area (Å²) in [6.07, 6.45) is 4.30. The van der Waals surface area contributed by atoms with Gasteiger partial charge in [0.15, 0.2) is 11.5 Å². The van der Waals surface area contributed by atoms with E-state index in [4.69, 9.17) is 9.47 Å². The Kier molecular flexibility index (Phi) is 4.97. The van der Waals surface area contributed by atoms with E-state index in [0.717, 1.165) is 69.9 Å². The van der Waals surface area contributed by atoms with Crippen molar-refractivity contribution in [3.63, 3.8) is 0 Å². The predicted octanol–water partition coefficient (Wildman–Crippen LogP) is 2.10. The van der Waals surface area contributed by atoms with E-state index in [-0.39, 0.29) is 12.1 Å². The maximum absolute atomic E-state index is 12.0. The molecule has 2 saturated heterocycles. The first-order chi connectivity index (χ1) is 12.3. The van der Waals surface area contributed by atoms with Crippen LogP contribution in [0.4, 0.5) is 4.79 Å². The molecule has 4 rings (SSSR count). The number of hydrogen-bond donors (Lipinski definition) is 1. The summed E-state index contributed by atoms with van der Waals surface area (Å²) >= 11 is 0. The molecule has 1 atom stereocenters. The van der Waals surface area contributed by atoms with Gasteiger partial charge in [0.1, 0.15) is 12.7 Å². The molecule has 0 spiro atoms. The van der Waals surface area contributed by atoms with E-state index in [1.165, 1.54) is 0 Å². The maximum Gasteiger partial charge on any atom is 0.317 e. The number of urea groups is 1. The van der Waals surface area contributed by atoms with E-state index < -0.39 is 0 Å². The van der Waals surface area contributed by atoms with Gasteiger partial charge in [0, 0.05) is 45.2 Å². The number of para-hydroxylation sites is 2. The molecule has 1 aromatic rings. The highest BCUT2D eigenvalue weighted by atomic mass is 16.6. The Morgan fingerprint density at radius 1 is 1.12 bits per heavy atom. The fourth-order valence-electron chi connectivity index (χ4n) is 3.98. The van der Waals surface area contributed by atoms with Gasteiger partial charge in [-0.15, -0.1) is 0 Å². The molecule has 2 amide bonds. The van der Waals surface area contributed by atoms with Gasteiger partial charge in [0.05, 0.1) is 0 Å². The third-order valence-corrected chi connectivity index (χ3v) is 5.45. The predicted molar refractivity (Wildman–Crippen MR) is 95.2 cm³/mol. The van der Waals surface area contributed by atoms with Crippen LogP contribution in [0.1, 0.15) is 25.7 Å². The second kappa shape index (κ2) is 7.52. The fraction of sp³-hybridized carbons (Fsp3) is 0.632. The summed E-state index contributed by atoms with van der Waals surface area (Å²) < 4.78 is 11.8. The van der Waals surface area contributed by atoms with Crippen molar-refractivity contribution in [1.29, 1.82) is 0 Å². The van der Waals surface area contributed by atoms with E-state index in [0.29, 0.717) is 12.6 Å². The van der Waals surface area contributed by atoms with Crippen molar-refractivity contribution in [2.45, 2.75) is 37.8 Å². The van der Waals surface area contributed by atoms with Crippen molar-refractivity contribution in [3.05, 3.63) is 24.3 Å². The number of carbonyl (C=O) groups excluding carboxylic acids is 1. The molecule has 0 aliphatic carbocycles. The molecular formula is C19H27N3O3. The summed E-state index contributed by atoms with van der Waals surface area (Å²) in [5.41, 5.74) is 0. The number of fused-ring (bicyclic) bond motifs is 1. The standard InChI is InChI=1S/C19H27N3O3/c23-19-20-9-3-10-22(19)15-6-11-21(12-7-15)13-8-16-14-24-17-4-1-2-5-18(17)25-16/h1-2,4-5,15-16H,3,6-14H2,(H,20,23). The second-order valence-electron chi connectivity index (χ2n) is 7.14. The summed E-state index contributed by atoms with van der Waals surface area (Å²) in [5.74, 6) is 1.70. The van der Waals surface area contributed by atoms with E-state index in [2.05, 4.69) is 10.2 Å². The molecule has 6 nitrogen and oxygen atoms in total. The lowest BCUT2D eigenvalue weighted by Gasteiger charge is -2.40. The highest BCUT2D eigenvalue weighted by Gasteiger charge is 2.30. The van der Waals surface area contributed by atoms with Gasteiger partial charge in [-0.05, 0) is 31.4 Å². The van der Waals surface area contributed by atoms with Crippen LogP contribution in [0.25, 0.3) is 0 Å². The number of rotatable bonds is 4. The number of benzene rings is 1. The van der Waals surface area contributed by atoms with Gasteiger partial charge in [-0.1, -0.05) is 12.1 Å². The molecule has 1 unspecified atom stereocenters. The third-order valence-electron chi connectivity index (χ3n) is 5.45. The normalized spacial score (nSPS) is 24.9. The Morgan fingerprint density at radius 3 is 2.72 bits per heavy atom. The highest BCUT2D eigenvalue weighted by Crippen LogP contribution is 2.31. The molecule has 25 heavy (non-hydrogen) atoms. The zero-order valence-corrected chi connectivity index (χ0v) is 14.7. The highest BCUT2D eigenvalue weighted by molar-refractivity contribution is 5.75. The number of nitrogens with zero attached hydrogens (tertiary/aromatic N) is 2. The lowest BCUT2D eigenvalue weighted by Crippen LogP contribution is -2.54. The number of ether oxygens (including phenoxy) is 2. The van der Waals surface area contributed by atoms with E-state index in [1.807, 2.05) is 29.2 Å². The van der Waals surface area contributed by atoms with E-state index >= 15 is 0 Å². The zero-order valence-electron chi connectivity index (χ0n) is 14.7. The molecule has 1 aromatic carbocycles. The summed E-state index contributed by atoms with van der Waals surface area (Å²) in [7, 11) is 0. The molecule has 3 heterocycles. The summed E-state index contributed by atoms with van der Waals surface area (Å²) in [6.45, 7) is 5.48. The van der Waals surface area contributed by atoms with Crippen LogP contribution in [0.3, 0.4) is 0 Å². The second-order valence-corrected chi connectivity index (χ2v) is 7.14. The number of likely N-dealkylation sites (tertiary alicyclic amines) is 1. The Bertz CT molecular complexity index is 601. The molecule has 3 aliphatic rings. The molecular weight excluding hydrogens is 318 g/mol. The van der Waals surface area contributed by atoms with Gasteiger partial charge < -0.3 is 24.6 Å². The average molecular weight is 345 g/mol. The first-order valence-electron chi connectivity index (χ1n) is 9.45. The third kappa shape index (κ3) is 3.84. The molecule has 0 bridgehead atoms. The van der Waals surface area contributed by atoms with Crippen LogP contribution >= 0.6 is 0 Å². The SMILES string of the molecule is O=C1NCCCN1C1CCN(CCC2COc3ccccc3O2)CC1. The van der Waals surface area contributed by atoms with Crippen LogP contribution < -0.4 is 14.8 Å². The zero-order chi connectivity index (χ0) is 17.1. The minimum atomic E-state index is 0.121. The van der Waals surface area contributed by atoms with Crippen LogP contribution in [0, 0.1) is 0 Å². The molecule has 3 aliphatic heterocycles. The minimum absolute atomic E-state index is 0.121. The molecule has 136 valence electrons. The van der Waals surface area contributed by atoms with E-state index in [9.17, 15) is 4.79 Å². The number of piperidine rings is 1. The molecule has 0 saturated carbocycles. The molecule has 6 heteroatoms. The van der Waals surface area contributed by atoms with Gasteiger partial charge in [-0.2, -0.15) is 0 Å². The summed E-state index contributed by atoms with van der Waals surface area (Å²) in [4.78, 5) is 16.5. The summed E-state index contributed by atoms with van der Waals surface area (Å²) in [6, 6.07) is 8.39. The van der Waals surface area contributed by atoms with Gasteiger partial charge in [0.25, 0.3) is 0 Å². The van der Waals surface area contributed by atoms with Crippen molar-refractivity contribution in [2.24, 2.45) is 0 Å². The van der Waals surface area contributed by atoms with Crippen molar-refractivity contribution >= 4 is 6.03 Å². The topological polar surface area (TPSA) is 54.0 Å². The Balaban J connectivity index is 1.21. The van der Waals surface area contributed by atoms with Gasteiger partial charge in [-0.25, -0.2) is 4.79 Å². The smallest absolute Gasteiger partial charge is 0.317 e. The van der Waals surface area contributed by atoms with Crippen LogP contribution in [0.5, 0.6) is 11.5 Å². The summed E-state index contributed by atoms with van der Waals surface area (Å²) in [5, 5.41) is 2.96. The first kappa shape index (κ1) is 16.5. The number of amides is 2.